The Labute approximate surface area is 192 Å². The molecule has 0 spiro atoms. The zero-order valence-electron chi connectivity index (χ0n) is 18.2. The highest BCUT2D eigenvalue weighted by molar-refractivity contribution is 8.13. The zero-order valence-corrected chi connectivity index (χ0v) is 19.8. The Hall–Kier alpha value is -2.44. The van der Waals surface area contributed by atoms with Gasteiger partial charge in [0.2, 0.25) is 12.1 Å². The Bertz CT molecular complexity index is 857. The Kier molecular flexibility index (Phi) is 9.01. The summed E-state index contributed by atoms with van der Waals surface area (Å²) < 4.78 is 5.35. The number of benzene rings is 1. The van der Waals surface area contributed by atoms with Crippen LogP contribution >= 0.6 is 23.4 Å². The predicted molar refractivity (Wildman–Crippen MR) is 123 cm³/mol. The van der Waals surface area contributed by atoms with E-state index in [1.54, 1.807) is 31.7 Å². The normalized spacial score (nSPS) is 15.8. The molecule has 0 saturated carbocycles. The zero-order chi connectivity index (χ0) is 23.0. The van der Waals surface area contributed by atoms with Crippen LogP contribution < -0.4 is 5.32 Å². The number of carbonyl (C=O) groups excluding carboxylic acids is 2. The molecule has 1 N–H and O–H groups in total. The van der Waals surface area contributed by atoms with Crippen LogP contribution in [0.4, 0.5) is 4.79 Å². The first-order valence-corrected chi connectivity index (χ1v) is 11.5. The summed E-state index contributed by atoms with van der Waals surface area (Å²) in [5, 5.41) is 12.7. The molecule has 1 aromatic carbocycles. The van der Waals surface area contributed by atoms with Gasteiger partial charge < -0.3 is 19.9 Å². The van der Waals surface area contributed by atoms with Gasteiger partial charge >= 0.3 is 6.09 Å². The minimum atomic E-state index is -0.811. The van der Waals surface area contributed by atoms with Crippen molar-refractivity contribution in [2.75, 3.05) is 32.4 Å². The number of nitrogens with one attached hydrogen (secondary N) is 1. The molecular weight excluding hydrogens is 438 g/mol. The predicted octanol–water partition coefficient (Wildman–Crippen LogP) is 3.12. The molecule has 1 fully saturated rings. The van der Waals surface area contributed by atoms with E-state index < -0.39 is 17.7 Å². The van der Waals surface area contributed by atoms with Gasteiger partial charge in [0, 0.05) is 37.6 Å². The van der Waals surface area contributed by atoms with E-state index in [1.807, 2.05) is 35.5 Å². The Morgan fingerprint density at radius 3 is 2.42 bits per heavy atom. The van der Waals surface area contributed by atoms with Crippen molar-refractivity contribution in [2.24, 2.45) is 4.99 Å². The number of rotatable bonds is 4. The van der Waals surface area contributed by atoms with Crippen LogP contribution in [0.3, 0.4) is 0 Å². The number of alkyl carbamates (subject to hydrolysis) is 1. The number of halogens is 1. The van der Waals surface area contributed by atoms with Gasteiger partial charge in [-0.25, -0.2) is 4.79 Å². The van der Waals surface area contributed by atoms with Crippen molar-refractivity contribution in [3.8, 4) is 6.19 Å². The first-order chi connectivity index (χ1) is 14.6. The van der Waals surface area contributed by atoms with E-state index in [9.17, 15) is 9.59 Å². The summed E-state index contributed by atoms with van der Waals surface area (Å²) in [7, 11) is 0. The fraction of sp³-hybridized carbons (Fsp3) is 0.524. The van der Waals surface area contributed by atoms with E-state index in [0.29, 0.717) is 36.4 Å². The molecule has 1 heterocycles. The fourth-order valence-electron chi connectivity index (χ4n) is 3.16. The Balaban J connectivity index is 2.13. The van der Waals surface area contributed by atoms with Crippen LogP contribution in [0, 0.1) is 11.5 Å². The van der Waals surface area contributed by atoms with Gasteiger partial charge in [0.1, 0.15) is 11.6 Å². The molecule has 0 bridgehead atoms. The van der Waals surface area contributed by atoms with Gasteiger partial charge in [-0.1, -0.05) is 41.6 Å². The number of aliphatic imine (C=N–C) groups is 1. The summed E-state index contributed by atoms with van der Waals surface area (Å²) in [6.45, 7) is 7.32. The Morgan fingerprint density at radius 1 is 1.26 bits per heavy atom. The van der Waals surface area contributed by atoms with Crippen molar-refractivity contribution in [1.29, 1.82) is 5.26 Å². The van der Waals surface area contributed by atoms with Crippen molar-refractivity contribution in [3.63, 3.8) is 0 Å². The second kappa shape index (κ2) is 11.3. The molecule has 2 rings (SSSR count). The average molecular weight is 466 g/mol. The van der Waals surface area contributed by atoms with Crippen LogP contribution in [-0.4, -0.2) is 71.0 Å². The lowest BCUT2D eigenvalue weighted by atomic mass is 10.0. The molecule has 2 amide bonds. The first kappa shape index (κ1) is 24.8. The van der Waals surface area contributed by atoms with Crippen LogP contribution in [0.5, 0.6) is 0 Å². The number of piperazine rings is 1. The van der Waals surface area contributed by atoms with Crippen molar-refractivity contribution in [2.45, 2.75) is 38.8 Å². The van der Waals surface area contributed by atoms with E-state index in [0.717, 1.165) is 5.56 Å². The number of hydrogen-bond donors (Lipinski definition) is 1. The summed E-state index contributed by atoms with van der Waals surface area (Å²) in [6, 6.07) is 6.43. The standard InChI is InChI=1S/C21H28ClN5O3S/c1-21(2,3)30-20(29)25-17(13-15-7-5-6-8-16(15)22)18(28)26-9-11-27(12-10-26)19(31-4)24-14-23/h5-8,17H,9-13H2,1-4H3,(H,25,29)/t17-/m0/s1. The molecular formula is C21H28ClN5O3S. The van der Waals surface area contributed by atoms with E-state index in [2.05, 4.69) is 10.3 Å². The van der Waals surface area contributed by atoms with Gasteiger partial charge in [0.05, 0.1) is 0 Å². The smallest absolute Gasteiger partial charge is 0.408 e. The molecule has 1 aliphatic heterocycles. The summed E-state index contributed by atoms with van der Waals surface area (Å²) in [6.07, 6.45) is 3.27. The quantitative estimate of drug-likeness (QED) is 0.416. The number of amides is 2. The van der Waals surface area contributed by atoms with E-state index >= 15 is 0 Å². The largest absolute Gasteiger partial charge is 0.444 e. The number of nitriles is 1. The number of nitrogens with zero attached hydrogens (tertiary/aromatic N) is 4. The van der Waals surface area contributed by atoms with Crippen molar-refractivity contribution in [1.82, 2.24) is 15.1 Å². The summed E-state index contributed by atoms with van der Waals surface area (Å²) in [5.74, 6) is -0.201. The maximum absolute atomic E-state index is 13.3. The van der Waals surface area contributed by atoms with Gasteiger partial charge in [0.15, 0.2) is 5.17 Å². The topological polar surface area (TPSA) is 98.0 Å². The number of ether oxygens (including phenoxy) is 1. The maximum atomic E-state index is 13.3. The molecule has 168 valence electrons. The highest BCUT2D eigenvalue weighted by Crippen LogP contribution is 2.19. The first-order valence-electron chi connectivity index (χ1n) is 9.92. The highest BCUT2D eigenvalue weighted by Gasteiger charge is 2.31. The monoisotopic (exact) mass is 465 g/mol. The van der Waals surface area contributed by atoms with Crippen molar-refractivity contribution < 1.29 is 14.3 Å². The molecule has 1 aliphatic rings. The maximum Gasteiger partial charge on any atom is 0.408 e. The SMILES string of the molecule is CSC(=NC#N)N1CCN(C(=O)[C@H](Cc2ccccc2Cl)NC(=O)OC(C)(C)C)CC1. The number of thioether (sulfide) groups is 1. The lowest BCUT2D eigenvalue weighted by Crippen LogP contribution is -2.56. The lowest BCUT2D eigenvalue weighted by Gasteiger charge is -2.37. The molecule has 0 aromatic heterocycles. The van der Waals surface area contributed by atoms with Crippen LogP contribution in [0.15, 0.2) is 29.3 Å². The van der Waals surface area contributed by atoms with E-state index in [1.165, 1.54) is 11.8 Å². The van der Waals surface area contributed by atoms with Crippen molar-refractivity contribution >= 4 is 40.5 Å². The highest BCUT2D eigenvalue weighted by atomic mass is 35.5. The summed E-state index contributed by atoms with van der Waals surface area (Å²) >= 11 is 7.68. The molecule has 0 aliphatic carbocycles. The van der Waals surface area contributed by atoms with Gasteiger partial charge in [0.25, 0.3) is 0 Å². The molecule has 0 unspecified atom stereocenters. The Morgan fingerprint density at radius 2 is 1.87 bits per heavy atom. The third-order valence-electron chi connectivity index (χ3n) is 4.56. The molecule has 1 saturated heterocycles. The average Bonchev–Trinajstić information content (AvgIpc) is 2.71. The molecule has 1 atom stereocenters. The number of hydrogen-bond acceptors (Lipinski definition) is 6. The van der Waals surface area contributed by atoms with Crippen LogP contribution in [0.2, 0.25) is 5.02 Å². The summed E-state index contributed by atoms with van der Waals surface area (Å²) in [5.41, 5.74) is 0.0881. The number of amidine groups is 1. The van der Waals surface area contributed by atoms with Crippen LogP contribution in [0.25, 0.3) is 0 Å². The molecule has 8 nitrogen and oxygen atoms in total. The second-order valence-corrected chi connectivity index (χ2v) is 9.19. The summed E-state index contributed by atoms with van der Waals surface area (Å²) in [4.78, 5) is 33.2. The third-order valence-corrected chi connectivity index (χ3v) is 5.64. The van der Waals surface area contributed by atoms with Gasteiger partial charge in [-0.3, -0.25) is 4.79 Å². The third kappa shape index (κ3) is 7.64. The minimum Gasteiger partial charge on any atom is -0.444 e. The molecule has 0 radical (unpaired) electrons. The van der Waals surface area contributed by atoms with E-state index in [-0.39, 0.29) is 12.3 Å². The molecule has 10 heteroatoms. The van der Waals surface area contributed by atoms with Gasteiger partial charge in [-0.2, -0.15) is 5.26 Å². The minimum absolute atomic E-state index is 0.201. The van der Waals surface area contributed by atoms with Crippen molar-refractivity contribution in [3.05, 3.63) is 34.9 Å². The van der Waals surface area contributed by atoms with Crippen LogP contribution in [0.1, 0.15) is 26.3 Å². The second-order valence-electron chi connectivity index (χ2n) is 8.01. The fourth-order valence-corrected chi connectivity index (χ4v) is 3.95. The molecule has 1 aromatic rings. The van der Waals surface area contributed by atoms with Gasteiger partial charge in [-0.15, -0.1) is 4.99 Å². The number of carbonyl (C=O) groups is 2. The van der Waals surface area contributed by atoms with E-state index in [4.69, 9.17) is 21.6 Å². The van der Waals surface area contributed by atoms with Crippen LogP contribution in [-0.2, 0) is 16.0 Å². The van der Waals surface area contributed by atoms with Gasteiger partial charge in [-0.05, 0) is 38.7 Å². The molecule has 31 heavy (non-hydrogen) atoms. The lowest BCUT2D eigenvalue weighted by molar-refractivity contribution is -0.134.